The molecule has 0 fully saturated rings. The van der Waals surface area contributed by atoms with E-state index in [9.17, 15) is 4.39 Å². The summed E-state index contributed by atoms with van der Waals surface area (Å²) in [6.45, 7) is 0.323. The van der Waals surface area contributed by atoms with Crippen molar-refractivity contribution in [2.75, 3.05) is 0 Å². The van der Waals surface area contributed by atoms with Crippen molar-refractivity contribution in [2.24, 2.45) is 0 Å². The van der Waals surface area contributed by atoms with Crippen LogP contribution >= 0.6 is 27.5 Å². The number of rotatable bonds is 3. The van der Waals surface area contributed by atoms with E-state index in [1.165, 1.54) is 6.07 Å². The summed E-state index contributed by atoms with van der Waals surface area (Å²) in [6, 6.07) is 8.12. The third kappa shape index (κ3) is 3.41. The van der Waals surface area contributed by atoms with Crippen molar-refractivity contribution in [3.63, 3.8) is 0 Å². The molecule has 2 aromatic rings. The van der Waals surface area contributed by atoms with E-state index < -0.39 is 0 Å². The van der Waals surface area contributed by atoms with Gasteiger partial charge in [-0.2, -0.15) is 0 Å². The zero-order valence-electron chi connectivity index (χ0n) is 8.66. The number of ether oxygens (including phenoxy) is 1. The van der Waals surface area contributed by atoms with Gasteiger partial charge in [0.15, 0.2) is 0 Å². The van der Waals surface area contributed by atoms with Gasteiger partial charge in [-0.05, 0) is 45.8 Å². The summed E-state index contributed by atoms with van der Waals surface area (Å²) in [5.41, 5.74) is 0.883. The van der Waals surface area contributed by atoms with Crippen LogP contribution in [0.5, 0.6) is 5.75 Å². The first-order valence-corrected chi connectivity index (χ1v) is 6.00. The normalized spacial score (nSPS) is 10.3. The van der Waals surface area contributed by atoms with Crippen molar-refractivity contribution < 1.29 is 9.13 Å². The first kappa shape index (κ1) is 12.3. The maximum atomic E-state index is 13.2. The highest BCUT2D eigenvalue weighted by Gasteiger charge is 2.02. The highest BCUT2D eigenvalue weighted by molar-refractivity contribution is 9.10. The van der Waals surface area contributed by atoms with Crippen LogP contribution in [0.2, 0.25) is 5.15 Å². The molecule has 0 aliphatic heterocycles. The molecule has 0 saturated heterocycles. The van der Waals surface area contributed by atoms with Crippen molar-refractivity contribution in [2.45, 2.75) is 6.61 Å². The summed E-state index contributed by atoms with van der Waals surface area (Å²) >= 11 is 8.82. The van der Waals surface area contributed by atoms with Gasteiger partial charge in [-0.1, -0.05) is 11.6 Å². The minimum absolute atomic E-state index is 0.323. The van der Waals surface area contributed by atoms with E-state index >= 15 is 0 Å². The van der Waals surface area contributed by atoms with Crippen LogP contribution in [0.4, 0.5) is 4.39 Å². The summed E-state index contributed by atoms with van der Waals surface area (Å²) in [7, 11) is 0. The highest BCUT2D eigenvalue weighted by Crippen LogP contribution is 2.21. The summed E-state index contributed by atoms with van der Waals surface area (Å²) in [6.07, 6.45) is 1.60. The molecule has 0 radical (unpaired) electrons. The topological polar surface area (TPSA) is 22.1 Å². The van der Waals surface area contributed by atoms with Crippen molar-refractivity contribution in [3.05, 3.63) is 57.5 Å². The number of benzene rings is 1. The van der Waals surface area contributed by atoms with Gasteiger partial charge in [-0.25, -0.2) is 9.37 Å². The predicted molar refractivity (Wildman–Crippen MR) is 67.7 cm³/mol. The molecule has 1 aromatic heterocycles. The lowest BCUT2D eigenvalue weighted by molar-refractivity contribution is 0.304. The second-order valence-electron chi connectivity index (χ2n) is 3.35. The summed E-state index contributed by atoms with van der Waals surface area (Å²) in [4.78, 5) is 3.86. The van der Waals surface area contributed by atoms with Crippen molar-refractivity contribution in [1.82, 2.24) is 4.98 Å². The molecular formula is C12H8BrClFNO. The van der Waals surface area contributed by atoms with Gasteiger partial charge in [0, 0.05) is 12.3 Å². The Morgan fingerprint density at radius 2 is 2.12 bits per heavy atom. The number of hydrogen-bond donors (Lipinski definition) is 0. The first-order valence-electron chi connectivity index (χ1n) is 4.83. The van der Waals surface area contributed by atoms with Crippen LogP contribution in [0.1, 0.15) is 5.56 Å². The van der Waals surface area contributed by atoms with Crippen LogP contribution in [0, 0.1) is 5.82 Å². The van der Waals surface area contributed by atoms with Gasteiger partial charge in [0.05, 0.1) is 4.47 Å². The van der Waals surface area contributed by atoms with Crippen LogP contribution in [-0.4, -0.2) is 4.98 Å². The lowest BCUT2D eigenvalue weighted by atomic mass is 10.3. The quantitative estimate of drug-likeness (QED) is 0.791. The van der Waals surface area contributed by atoms with E-state index in [1.807, 2.05) is 0 Å². The molecule has 0 unspecified atom stereocenters. The molecule has 0 aliphatic rings. The first-order chi connectivity index (χ1) is 8.15. The number of aromatic nitrogens is 1. The molecule has 2 rings (SSSR count). The van der Waals surface area contributed by atoms with E-state index in [0.29, 0.717) is 22.0 Å². The summed E-state index contributed by atoms with van der Waals surface area (Å²) in [5, 5.41) is 0.410. The van der Waals surface area contributed by atoms with Gasteiger partial charge in [-0.3, -0.25) is 0 Å². The highest BCUT2D eigenvalue weighted by atomic mass is 79.9. The summed E-state index contributed by atoms with van der Waals surface area (Å²) in [5.74, 6) is 0.119. The molecule has 0 amide bonds. The van der Waals surface area contributed by atoms with Gasteiger partial charge in [-0.15, -0.1) is 0 Å². The Morgan fingerprint density at radius 1 is 1.29 bits per heavy atom. The Kier molecular flexibility index (Phi) is 3.97. The Bertz CT molecular complexity index is 536. The third-order valence-corrected chi connectivity index (χ3v) is 2.94. The fourth-order valence-corrected chi connectivity index (χ4v) is 1.71. The van der Waals surface area contributed by atoms with Crippen molar-refractivity contribution >= 4 is 27.5 Å². The maximum Gasteiger partial charge on any atom is 0.141 e. The van der Waals surface area contributed by atoms with Gasteiger partial charge in [0.25, 0.3) is 0 Å². The molecule has 1 aromatic carbocycles. The van der Waals surface area contributed by atoms with Crippen LogP contribution in [0.15, 0.2) is 41.0 Å². The monoisotopic (exact) mass is 315 g/mol. The van der Waals surface area contributed by atoms with Gasteiger partial charge >= 0.3 is 0 Å². The smallest absolute Gasteiger partial charge is 0.141 e. The van der Waals surface area contributed by atoms with E-state index in [1.54, 1.807) is 30.5 Å². The molecule has 0 atom stereocenters. The average molecular weight is 317 g/mol. The fraction of sp³-hybridized carbons (Fsp3) is 0.0833. The number of halogens is 3. The number of hydrogen-bond acceptors (Lipinski definition) is 2. The molecule has 5 heteroatoms. The van der Waals surface area contributed by atoms with Crippen molar-refractivity contribution in [3.8, 4) is 5.75 Å². The molecule has 2 nitrogen and oxygen atoms in total. The lowest BCUT2D eigenvalue weighted by Gasteiger charge is -2.06. The molecule has 17 heavy (non-hydrogen) atoms. The molecule has 0 spiro atoms. The second kappa shape index (κ2) is 5.47. The number of nitrogens with zero attached hydrogens (tertiary/aromatic N) is 1. The molecular weight excluding hydrogens is 308 g/mol. The van der Waals surface area contributed by atoms with Crippen LogP contribution in [0.3, 0.4) is 0 Å². The van der Waals surface area contributed by atoms with Gasteiger partial charge < -0.3 is 4.74 Å². The fourth-order valence-electron chi connectivity index (χ4n) is 1.27. The molecule has 88 valence electrons. The predicted octanol–water partition coefficient (Wildman–Crippen LogP) is 4.22. The van der Waals surface area contributed by atoms with Gasteiger partial charge in [0.1, 0.15) is 23.3 Å². The molecule has 0 aliphatic carbocycles. The Morgan fingerprint density at radius 3 is 2.82 bits per heavy atom. The Labute approximate surface area is 112 Å². The van der Waals surface area contributed by atoms with Crippen LogP contribution in [0.25, 0.3) is 0 Å². The molecule has 0 N–H and O–H groups in total. The zero-order valence-corrected chi connectivity index (χ0v) is 11.0. The lowest BCUT2D eigenvalue weighted by Crippen LogP contribution is -1.96. The molecule has 1 heterocycles. The Hall–Kier alpha value is -1.13. The zero-order chi connectivity index (χ0) is 12.3. The minimum atomic E-state index is -0.352. The minimum Gasteiger partial charge on any atom is -0.489 e. The average Bonchev–Trinajstić information content (AvgIpc) is 2.31. The SMILES string of the molecule is Fc1cc(OCc2ccnc(Cl)c2)ccc1Br. The second-order valence-corrected chi connectivity index (χ2v) is 4.59. The molecule has 0 bridgehead atoms. The number of pyridine rings is 1. The standard InChI is InChI=1S/C12H8BrClFNO/c13-10-2-1-9(6-11(10)15)17-7-8-3-4-16-12(14)5-8/h1-6H,7H2. The van der Waals surface area contributed by atoms with E-state index in [2.05, 4.69) is 20.9 Å². The summed E-state index contributed by atoms with van der Waals surface area (Å²) < 4.78 is 19.1. The van der Waals surface area contributed by atoms with E-state index in [0.717, 1.165) is 5.56 Å². The van der Waals surface area contributed by atoms with E-state index in [-0.39, 0.29) is 5.82 Å². The van der Waals surface area contributed by atoms with Crippen molar-refractivity contribution in [1.29, 1.82) is 0 Å². The van der Waals surface area contributed by atoms with Gasteiger partial charge in [0.2, 0.25) is 0 Å². The third-order valence-electron chi connectivity index (χ3n) is 2.09. The Balaban J connectivity index is 2.05. The van der Waals surface area contributed by atoms with E-state index in [4.69, 9.17) is 16.3 Å². The molecule has 0 saturated carbocycles. The largest absolute Gasteiger partial charge is 0.489 e. The maximum absolute atomic E-state index is 13.2. The van der Waals surface area contributed by atoms with Crippen LogP contribution in [-0.2, 0) is 6.61 Å². The van der Waals surface area contributed by atoms with Crippen LogP contribution < -0.4 is 4.74 Å².